The minimum absolute atomic E-state index is 0.0746. The van der Waals surface area contributed by atoms with E-state index in [4.69, 9.17) is 0 Å². The van der Waals surface area contributed by atoms with Crippen molar-refractivity contribution in [3.05, 3.63) is 29.3 Å². The number of hydrogen-bond acceptors (Lipinski definition) is 2. The maximum atomic E-state index is 12.2. The van der Waals surface area contributed by atoms with Gasteiger partial charge in [0.25, 0.3) is 5.91 Å². The molecule has 1 aliphatic heterocycles. The maximum absolute atomic E-state index is 12.2. The highest BCUT2D eigenvalue weighted by molar-refractivity contribution is 5.95. The molecule has 1 aromatic carbocycles. The third-order valence-corrected chi connectivity index (χ3v) is 4.11. The minimum atomic E-state index is 0.0746. The lowest BCUT2D eigenvalue weighted by Crippen LogP contribution is -2.32. The molecule has 2 unspecified atom stereocenters. The average Bonchev–Trinajstić information content (AvgIpc) is 2.96. The van der Waals surface area contributed by atoms with Crippen LogP contribution in [0.5, 0.6) is 0 Å². The van der Waals surface area contributed by atoms with E-state index in [0.717, 1.165) is 43.0 Å². The summed E-state index contributed by atoms with van der Waals surface area (Å²) in [6, 6.07) is 6.37. The molecule has 3 nitrogen and oxygen atoms in total. The van der Waals surface area contributed by atoms with E-state index >= 15 is 0 Å². The quantitative estimate of drug-likeness (QED) is 0.839. The Balaban J connectivity index is 1.69. The first-order valence-electron chi connectivity index (χ1n) is 6.90. The normalized spacial score (nSPS) is 25.6. The zero-order chi connectivity index (χ0) is 12.5. The van der Waals surface area contributed by atoms with Crippen LogP contribution in [0.1, 0.15) is 42.1 Å². The van der Waals surface area contributed by atoms with Gasteiger partial charge in [0, 0.05) is 23.8 Å². The van der Waals surface area contributed by atoms with Crippen LogP contribution >= 0.6 is 0 Å². The van der Waals surface area contributed by atoms with Gasteiger partial charge in [-0.15, -0.1) is 0 Å². The smallest absolute Gasteiger partial charge is 0.251 e. The van der Waals surface area contributed by atoms with Crippen LogP contribution in [-0.2, 0) is 6.42 Å². The number of carbonyl (C=O) groups is 1. The second-order valence-corrected chi connectivity index (χ2v) is 5.64. The summed E-state index contributed by atoms with van der Waals surface area (Å²) in [7, 11) is 0. The van der Waals surface area contributed by atoms with Crippen molar-refractivity contribution in [2.75, 3.05) is 11.9 Å². The molecule has 0 radical (unpaired) electrons. The first kappa shape index (κ1) is 11.6. The predicted octanol–water partition coefficient (Wildman–Crippen LogP) is 2.57. The van der Waals surface area contributed by atoms with E-state index < -0.39 is 0 Å². The Kier molecular flexibility index (Phi) is 2.98. The van der Waals surface area contributed by atoms with Crippen LogP contribution in [0, 0.1) is 5.92 Å². The Morgan fingerprint density at radius 2 is 2.28 bits per heavy atom. The molecule has 2 aliphatic rings. The number of rotatable bonds is 2. The van der Waals surface area contributed by atoms with E-state index in [9.17, 15) is 4.79 Å². The highest BCUT2D eigenvalue weighted by Gasteiger charge is 2.23. The first-order valence-corrected chi connectivity index (χ1v) is 6.90. The molecule has 0 aromatic heterocycles. The molecule has 3 rings (SSSR count). The molecule has 1 fully saturated rings. The fourth-order valence-corrected chi connectivity index (χ4v) is 3.04. The van der Waals surface area contributed by atoms with Crippen LogP contribution in [0.4, 0.5) is 5.69 Å². The van der Waals surface area contributed by atoms with E-state index in [0.29, 0.717) is 6.04 Å². The van der Waals surface area contributed by atoms with E-state index in [1.807, 2.05) is 12.1 Å². The number of anilines is 1. The molecular weight excluding hydrogens is 224 g/mol. The van der Waals surface area contributed by atoms with E-state index in [1.54, 1.807) is 0 Å². The molecule has 0 bridgehead atoms. The van der Waals surface area contributed by atoms with Crippen LogP contribution in [0.15, 0.2) is 18.2 Å². The molecule has 1 saturated carbocycles. The van der Waals surface area contributed by atoms with Crippen LogP contribution < -0.4 is 10.6 Å². The second-order valence-electron chi connectivity index (χ2n) is 5.64. The number of fused-ring (bicyclic) bond motifs is 1. The molecule has 1 amide bonds. The molecule has 0 spiro atoms. The van der Waals surface area contributed by atoms with Gasteiger partial charge >= 0.3 is 0 Å². The average molecular weight is 244 g/mol. The third-order valence-electron chi connectivity index (χ3n) is 4.11. The van der Waals surface area contributed by atoms with Crippen molar-refractivity contribution < 1.29 is 4.79 Å². The summed E-state index contributed by atoms with van der Waals surface area (Å²) in [5, 5.41) is 6.47. The highest BCUT2D eigenvalue weighted by Crippen LogP contribution is 2.26. The highest BCUT2D eigenvalue weighted by atomic mass is 16.1. The standard InChI is InChI=1S/C15H20N2O/c1-10-2-5-13(8-10)17-15(18)12-4-3-11-6-7-16-14(11)9-12/h3-4,9-10,13,16H,2,5-8H2,1H3,(H,17,18). The van der Waals surface area contributed by atoms with Crippen LogP contribution in [-0.4, -0.2) is 18.5 Å². The Bertz CT molecular complexity index is 470. The Hall–Kier alpha value is -1.51. The summed E-state index contributed by atoms with van der Waals surface area (Å²) in [6.07, 6.45) is 4.54. The second kappa shape index (κ2) is 4.63. The van der Waals surface area contributed by atoms with Gasteiger partial charge in [-0.3, -0.25) is 4.79 Å². The lowest BCUT2D eigenvalue weighted by molar-refractivity contribution is 0.0937. The summed E-state index contributed by atoms with van der Waals surface area (Å²) in [4.78, 5) is 12.2. The van der Waals surface area contributed by atoms with Crippen molar-refractivity contribution in [2.24, 2.45) is 5.92 Å². The zero-order valence-corrected chi connectivity index (χ0v) is 10.8. The van der Waals surface area contributed by atoms with Gasteiger partial charge in [-0.2, -0.15) is 0 Å². The Morgan fingerprint density at radius 3 is 3.06 bits per heavy atom. The summed E-state index contributed by atoms with van der Waals surface area (Å²) in [6.45, 7) is 3.24. The lowest BCUT2D eigenvalue weighted by atomic mass is 10.1. The van der Waals surface area contributed by atoms with Gasteiger partial charge in [0.15, 0.2) is 0 Å². The van der Waals surface area contributed by atoms with Crippen molar-refractivity contribution in [3.8, 4) is 0 Å². The number of benzene rings is 1. The molecule has 2 atom stereocenters. The van der Waals surface area contributed by atoms with Crippen molar-refractivity contribution in [3.63, 3.8) is 0 Å². The van der Waals surface area contributed by atoms with Gasteiger partial charge in [-0.1, -0.05) is 13.0 Å². The molecule has 3 heteroatoms. The number of hydrogen-bond donors (Lipinski definition) is 2. The summed E-state index contributed by atoms with van der Waals surface area (Å²) in [5.74, 6) is 0.822. The molecule has 0 saturated heterocycles. The Morgan fingerprint density at radius 1 is 1.39 bits per heavy atom. The zero-order valence-electron chi connectivity index (χ0n) is 10.8. The van der Waals surface area contributed by atoms with Gasteiger partial charge in [0.05, 0.1) is 0 Å². The minimum Gasteiger partial charge on any atom is -0.384 e. The molecule has 1 aliphatic carbocycles. The van der Waals surface area contributed by atoms with Crippen molar-refractivity contribution in [2.45, 2.75) is 38.6 Å². The van der Waals surface area contributed by atoms with E-state index in [-0.39, 0.29) is 5.91 Å². The SMILES string of the molecule is CC1CCC(NC(=O)c2ccc3c(c2)NCC3)C1. The monoisotopic (exact) mass is 244 g/mol. The maximum Gasteiger partial charge on any atom is 0.251 e. The van der Waals surface area contributed by atoms with E-state index in [2.05, 4.69) is 23.6 Å². The number of amides is 1. The molecular formula is C15H20N2O. The molecule has 1 aromatic rings. The van der Waals surface area contributed by atoms with Gasteiger partial charge in [0.1, 0.15) is 0 Å². The van der Waals surface area contributed by atoms with Gasteiger partial charge in [-0.25, -0.2) is 0 Å². The number of carbonyl (C=O) groups excluding carboxylic acids is 1. The van der Waals surface area contributed by atoms with Gasteiger partial charge in [0.2, 0.25) is 0 Å². The molecule has 18 heavy (non-hydrogen) atoms. The van der Waals surface area contributed by atoms with Crippen LogP contribution in [0.3, 0.4) is 0 Å². The number of nitrogens with one attached hydrogen (secondary N) is 2. The summed E-state index contributed by atoms with van der Waals surface area (Å²) in [5.41, 5.74) is 3.23. The van der Waals surface area contributed by atoms with Crippen molar-refractivity contribution >= 4 is 11.6 Å². The fraction of sp³-hybridized carbons (Fsp3) is 0.533. The molecule has 1 heterocycles. The molecule has 96 valence electrons. The van der Waals surface area contributed by atoms with E-state index in [1.165, 1.54) is 12.0 Å². The van der Waals surface area contributed by atoms with Gasteiger partial charge < -0.3 is 10.6 Å². The topological polar surface area (TPSA) is 41.1 Å². The largest absolute Gasteiger partial charge is 0.384 e. The lowest BCUT2D eigenvalue weighted by Gasteiger charge is -2.13. The fourth-order valence-electron chi connectivity index (χ4n) is 3.04. The van der Waals surface area contributed by atoms with Crippen LogP contribution in [0.2, 0.25) is 0 Å². The van der Waals surface area contributed by atoms with Gasteiger partial charge in [-0.05, 0) is 49.3 Å². The Labute approximate surface area is 108 Å². The predicted molar refractivity (Wildman–Crippen MR) is 72.9 cm³/mol. The summed E-state index contributed by atoms with van der Waals surface area (Å²) < 4.78 is 0. The first-order chi connectivity index (χ1) is 8.72. The summed E-state index contributed by atoms with van der Waals surface area (Å²) >= 11 is 0. The molecule has 2 N–H and O–H groups in total. The third kappa shape index (κ3) is 2.22. The van der Waals surface area contributed by atoms with Crippen molar-refractivity contribution in [1.82, 2.24) is 5.32 Å². The van der Waals surface area contributed by atoms with Crippen LogP contribution in [0.25, 0.3) is 0 Å². The van der Waals surface area contributed by atoms with Crippen molar-refractivity contribution in [1.29, 1.82) is 0 Å².